The highest BCUT2D eigenvalue weighted by molar-refractivity contribution is 7.10. The van der Waals surface area contributed by atoms with Gasteiger partial charge in [-0.05, 0) is 18.4 Å². The Kier molecular flexibility index (Phi) is 3.58. The first-order chi connectivity index (χ1) is 7.68. The van der Waals surface area contributed by atoms with Crippen LogP contribution in [-0.4, -0.2) is 41.7 Å². The van der Waals surface area contributed by atoms with E-state index in [4.69, 9.17) is 5.11 Å². The van der Waals surface area contributed by atoms with E-state index < -0.39 is 12.0 Å². The van der Waals surface area contributed by atoms with Gasteiger partial charge in [0.15, 0.2) is 0 Å². The zero-order valence-electron chi connectivity index (χ0n) is 9.22. The van der Waals surface area contributed by atoms with Gasteiger partial charge in [-0.25, -0.2) is 0 Å². The second-order valence-electron chi connectivity index (χ2n) is 4.03. The van der Waals surface area contributed by atoms with Crippen molar-refractivity contribution in [2.45, 2.75) is 19.0 Å². The molecule has 2 rings (SSSR count). The highest BCUT2D eigenvalue weighted by Gasteiger charge is 2.28. The van der Waals surface area contributed by atoms with Crippen molar-refractivity contribution in [2.75, 3.05) is 19.6 Å². The lowest BCUT2D eigenvalue weighted by molar-refractivity contribution is -0.140. The van der Waals surface area contributed by atoms with Crippen LogP contribution < -0.4 is 5.32 Å². The van der Waals surface area contributed by atoms with Gasteiger partial charge in [0, 0.05) is 30.6 Å². The van der Waals surface area contributed by atoms with Crippen molar-refractivity contribution in [3.05, 3.63) is 22.4 Å². The number of carboxylic acid groups (broad SMARTS) is 1. The first-order valence-corrected chi connectivity index (χ1v) is 6.30. The molecule has 0 radical (unpaired) electrons. The topological polar surface area (TPSA) is 52.6 Å². The Morgan fingerprint density at radius 3 is 3.19 bits per heavy atom. The molecule has 5 heteroatoms. The van der Waals surface area contributed by atoms with Crippen molar-refractivity contribution in [3.8, 4) is 0 Å². The third-order valence-corrected chi connectivity index (χ3v) is 4.05. The van der Waals surface area contributed by atoms with Gasteiger partial charge in [0.05, 0.1) is 0 Å². The molecule has 0 aromatic carbocycles. The van der Waals surface area contributed by atoms with Crippen LogP contribution in [0, 0.1) is 0 Å². The van der Waals surface area contributed by atoms with Crippen molar-refractivity contribution in [1.29, 1.82) is 0 Å². The normalized spacial score (nSPS) is 24.2. The summed E-state index contributed by atoms with van der Waals surface area (Å²) in [7, 11) is 0. The van der Waals surface area contributed by atoms with Crippen molar-refractivity contribution in [1.82, 2.24) is 10.2 Å². The van der Waals surface area contributed by atoms with Crippen molar-refractivity contribution >= 4 is 17.3 Å². The Hall–Kier alpha value is -0.910. The molecule has 2 heterocycles. The maximum atomic E-state index is 10.9. The number of carbonyl (C=O) groups is 1. The van der Waals surface area contributed by atoms with E-state index >= 15 is 0 Å². The van der Waals surface area contributed by atoms with Crippen LogP contribution in [0.4, 0.5) is 0 Å². The Bertz CT molecular complexity index is 353. The third-order valence-electron chi connectivity index (χ3n) is 3.01. The molecular formula is C11H16N2O2S. The molecule has 2 N–H and O–H groups in total. The number of carboxylic acids is 1. The molecule has 1 aliphatic heterocycles. The van der Waals surface area contributed by atoms with E-state index in [9.17, 15) is 4.79 Å². The third kappa shape index (κ3) is 2.42. The average Bonchev–Trinajstić information content (AvgIpc) is 2.81. The van der Waals surface area contributed by atoms with E-state index in [1.807, 2.05) is 6.07 Å². The van der Waals surface area contributed by atoms with E-state index in [1.165, 1.54) is 4.88 Å². The van der Waals surface area contributed by atoms with Gasteiger partial charge in [-0.2, -0.15) is 0 Å². The molecule has 0 aliphatic carbocycles. The first kappa shape index (κ1) is 11.6. The fourth-order valence-electron chi connectivity index (χ4n) is 2.00. The summed E-state index contributed by atoms with van der Waals surface area (Å²) in [5.74, 6) is -0.761. The molecule has 0 amide bonds. The lowest BCUT2D eigenvalue weighted by Gasteiger charge is -2.35. The summed E-state index contributed by atoms with van der Waals surface area (Å²) in [6, 6.07) is 4.01. The zero-order chi connectivity index (χ0) is 11.5. The number of hydrogen-bond acceptors (Lipinski definition) is 4. The second-order valence-corrected chi connectivity index (χ2v) is 5.01. The minimum absolute atomic E-state index is 0.309. The van der Waals surface area contributed by atoms with E-state index in [2.05, 4.69) is 28.6 Å². The highest BCUT2D eigenvalue weighted by Crippen LogP contribution is 2.25. The Balaban J connectivity index is 2.01. The van der Waals surface area contributed by atoms with Crippen molar-refractivity contribution in [3.63, 3.8) is 0 Å². The van der Waals surface area contributed by atoms with E-state index in [-0.39, 0.29) is 0 Å². The summed E-state index contributed by atoms with van der Waals surface area (Å²) in [6.07, 6.45) is 0. The van der Waals surface area contributed by atoms with Crippen molar-refractivity contribution in [2.24, 2.45) is 0 Å². The first-order valence-electron chi connectivity index (χ1n) is 5.42. The predicted molar refractivity (Wildman–Crippen MR) is 63.7 cm³/mol. The van der Waals surface area contributed by atoms with Gasteiger partial charge >= 0.3 is 5.97 Å². The quantitative estimate of drug-likeness (QED) is 0.832. The van der Waals surface area contributed by atoms with Crippen molar-refractivity contribution < 1.29 is 9.90 Å². The van der Waals surface area contributed by atoms with Crippen LogP contribution in [0.15, 0.2) is 17.5 Å². The van der Waals surface area contributed by atoms with Gasteiger partial charge in [-0.1, -0.05) is 6.07 Å². The monoisotopic (exact) mass is 240 g/mol. The predicted octanol–water partition coefficient (Wildman–Crippen LogP) is 1.17. The Labute approximate surface area is 98.9 Å². The van der Waals surface area contributed by atoms with E-state index in [1.54, 1.807) is 11.3 Å². The van der Waals surface area contributed by atoms with Gasteiger partial charge in [-0.15, -0.1) is 11.3 Å². The molecule has 0 bridgehead atoms. The van der Waals surface area contributed by atoms with Crippen LogP contribution in [0.1, 0.15) is 17.8 Å². The minimum atomic E-state index is -0.761. The fraction of sp³-hybridized carbons (Fsp3) is 0.545. The smallest absolute Gasteiger partial charge is 0.322 e. The number of thiophene rings is 1. The molecule has 1 aromatic heterocycles. The van der Waals surface area contributed by atoms with Gasteiger partial charge in [0.2, 0.25) is 0 Å². The summed E-state index contributed by atoms with van der Waals surface area (Å²) >= 11 is 1.72. The summed E-state index contributed by atoms with van der Waals surface area (Å²) in [5.41, 5.74) is 0. The molecular weight excluding hydrogens is 224 g/mol. The summed E-state index contributed by atoms with van der Waals surface area (Å²) in [4.78, 5) is 14.4. The number of aliphatic carboxylic acids is 1. The number of piperazine rings is 1. The fourth-order valence-corrected chi connectivity index (χ4v) is 2.82. The standard InChI is InChI=1S/C11H16N2O2S/c1-8(10-3-2-6-16-10)13-5-4-12-9(7-13)11(14)15/h2-3,6,8-9,12H,4-5,7H2,1H3,(H,14,15)/t8-,9-/m0/s1. The van der Waals surface area contributed by atoms with Gasteiger partial charge in [-0.3, -0.25) is 9.69 Å². The van der Waals surface area contributed by atoms with Crippen LogP contribution >= 0.6 is 11.3 Å². The molecule has 1 aliphatic rings. The van der Waals surface area contributed by atoms with Gasteiger partial charge < -0.3 is 10.4 Å². The zero-order valence-corrected chi connectivity index (χ0v) is 10.0. The number of nitrogens with one attached hydrogen (secondary N) is 1. The van der Waals surface area contributed by atoms with E-state index in [0.717, 1.165) is 13.1 Å². The molecule has 1 saturated heterocycles. The number of rotatable bonds is 3. The van der Waals surface area contributed by atoms with Gasteiger partial charge in [0.25, 0.3) is 0 Å². The van der Waals surface area contributed by atoms with Crippen LogP contribution in [0.5, 0.6) is 0 Å². The largest absolute Gasteiger partial charge is 0.480 e. The van der Waals surface area contributed by atoms with Gasteiger partial charge in [0.1, 0.15) is 6.04 Å². The summed E-state index contributed by atoms with van der Waals surface area (Å²) < 4.78 is 0. The Morgan fingerprint density at radius 1 is 1.75 bits per heavy atom. The maximum absolute atomic E-state index is 10.9. The van der Waals surface area contributed by atoms with Crippen LogP contribution in [0.3, 0.4) is 0 Å². The van der Waals surface area contributed by atoms with Crippen LogP contribution in [0.2, 0.25) is 0 Å². The second kappa shape index (κ2) is 4.95. The number of nitrogens with zero attached hydrogens (tertiary/aromatic N) is 1. The molecule has 16 heavy (non-hydrogen) atoms. The molecule has 0 spiro atoms. The molecule has 2 atom stereocenters. The highest BCUT2D eigenvalue weighted by atomic mass is 32.1. The lowest BCUT2D eigenvalue weighted by Crippen LogP contribution is -2.54. The Morgan fingerprint density at radius 2 is 2.56 bits per heavy atom. The summed E-state index contributed by atoms with van der Waals surface area (Å²) in [5, 5.41) is 14.1. The van der Waals surface area contributed by atoms with Crippen LogP contribution in [0.25, 0.3) is 0 Å². The molecule has 1 aromatic rings. The van der Waals surface area contributed by atoms with Crippen LogP contribution in [-0.2, 0) is 4.79 Å². The molecule has 0 unspecified atom stereocenters. The maximum Gasteiger partial charge on any atom is 0.322 e. The molecule has 0 saturated carbocycles. The molecule has 88 valence electrons. The SMILES string of the molecule is C[C@@H](c1cccs1)N1CCN[C@H](C(=O)O)C1. The molecule has 4 nitrogen and oxygen atoms in total. The molecule has 1 fully saturated rings. The van der Waals surface area contributed by atoms with E-state index in [0.29, 0.717) is 12.6 Å². The minimum Gasteiger partial charge on any atom is -0.480 e. The summed E-state index contributed by atoms with van der Waals surface area (Å²) in [6.45, 7) is 4.36. The lowest BCUT2D eigenvalue weighted by atomic mass is 10.1. The average molecular weight is 240 g/mol. The number of hydrogen-bond donors (Lipinski definition) is 2.